The number of urea groups is 1. The molecule has 0 aliphatic carbocycles. The van der Waals surface area contributed by atoms with E-state index in [1.165, 1.54) is 12.1 Å². The molecule has 1 saturated heterocycles. The van der Waals surface area contributed by atoms with Crippen LogP contribution >= 0.6 is 0 Å². The molecule has 32 heavy (non-hydrogen) atoms. The van der Waals surface area contributed by atoms with Crippen molar-refractivity contribution < 1.29 is 18.7 Å². The molecule has 10 nitrogen and oxygen atoms in total. The fourth-order valence-corrected chi connectivity index (χ4v) is 3.48. The third kappa shape index (κ3) is 4.94. The van der Waals surface area contributed by atoms with Crippen molar-refractivity contribution in [2.24, 2.45) is 0 Å². The Morgan fingerprint density at radius 2 is 1.69 bits per heavy atom. The quantitative estimate of drug-likeness (QED) is 0.626. The first kappa shape index (κ1) is 21.5. The van der Waals surface area contributed by atoms with E-state index in [-0.39, 0.29) is 11.8 Å². The third-order valence-corrected chi connectivity index (χ3v) is 5.23. The largest absolute Gasteiger partial charge is 0.497 e. The molecule has 0 spiro atoms. The van der Waals surface area contributed by atoms with Gasteiger partial charge in [0.15, 0.2) is 5.82 Å². The van der Waals surface area contributed by atoms with Gasteiger partial charge in [-0.25, -0.2) is 9.18 Å². The van der Waals surface area contributed by atoms with Crippen molar-refractivity contribution in [1.29, 1.82) is 0 Å². The molecule has 0 bridgehead atoms. The van der Waals surface area contributed by atoms with Crippen LogP contribution in [0.25, 0.3) is 5.69 Å². The smallest absolute Gasteiger partial charge is 0.321 e. The molecule has 2 aromatic carbocycles. The van der Waals surface area contributed by atoms with E-state index in [0.29, 0.717) is 61.4 Å². The van der Waals surface area contributed by atoms with Gasteiger partial charge in [0, 0.05) is 50.1 Å². The van der Waals surface area contributed by atoms with Crippen LogP contribution < -0.4 is 14.8 Å². The van der Waals surface area contributed by atoms with Crippen LogP contribution in [0.4, 0.5) is 14.9 Å². The van der Waals surface area contributed by atoms with E-state index < -0.39 is 0 Å². The van der Waals surface area contributed by atoms with E-state index in [1.54, 1.807) is 54.1 Å². The maximum Gasteiger partial charge on any atom is 0.321 e. The molecule has 11 heteroatoms. The van der Waals surface area contributed by atoms with Crippen LogP contribution in [-0.2, 0) is 6.54 Å². The predicted molar refractivity (Wildman–Crippen MR) is 115 cm³/mol. The van der Waals surface area contributed by atoms with Gasteiger partial charge in [0.05, 0.1) is 26.5 Å². The van der Waals surface area contributed by atoms with Crippen LogP contribution in [0.15, 0.2) is 42.5 Å². The number of aromatic nitrogens is 4. The number of piperazine rings is 1. The highest BCUT2D eigenvalue weighted by molar-refractivity contribution is 5.90. The van der Waals surface area contributed by atoms with E-state index in [0.717, 1.165) is 0 Å². The number of carbonyl (C=O) groups excluding carboxylic acids is 1. The summed E-state index contributed by atoms with van der Waals surface area (Å²) in [4.78, 5) is 16.6. The molecule has 1 N–H and O–H groups in total. The van der Waals surface area contributed by atoms with E-state index in [9.17, 15) is 9.18 Å². The van der Waals surface area contributed by atoms with Gasteiger partial charge < -0.3 is 19.7 Å². The van der Waals surface area contributed by atoms with Gasteiger partial charge in [0.1, 0.15) is 17.3 Å². The van der Waals surface area contributed by atoms with Gasteiger partial charge in [-0.3, -0.25) is 4.90 Å². The minimum Gasteiger partial charge on any atom is -0.497 e. The molecule has 0 saturated carbocycles. The van der Waals surface area contributed by atoms with Crippen molar-refractivity contribution in [3.63, 3.8) is 0 Å². The van der Waals surface area contributed by atoms with Gasteiger partial charge in [-0.05, 0) is 34.7 Å². The second kappa shape index (κ2) is 9.60. The highest BCUT2D eigenvalue weighted by Gasteiger charge is 2.23. The third-order valence-electron chi connectivity index (χ3n) is 5.23. The Bertz CT molecular complexity index is 1040. The number of nitrogens with zero attached hydrogens (tertiary/aromatic N) is 6. The fraction of sp³-hybridized carbons (Fsp3) is 0.333. The number of hydrogen-bond acceptors (Lipinski definition) is 7. The normalized spacial score (nSPS) is 14.3. The summed E-state index contributed by atoms with van der Waals surface area (Å²) in [6.07, 6.45) is 0. The second-order valence-electron chi connectivity index (χ2n) is 7.28. The van der Waals surface area contributed by atoms with Crippen molar-refractivity contribution in [1.82, 2.24) is 30.0 Å². The molecule has 1 fully saturated rings. The Morgan fingerprint density at radius 3 is 2.31 bits per heavy atom. The van der Waals surface area contributed by atoms with Crippen LogP contribution in [0.1, 0.15) is 5.82 Å². The number of rotatable bonds is 6. The number of tetrazole rings is 1. The fourth-order valence-electron chi connectivity index (χ4n) is 3.48. The van der Waals surface area contributed by atoms with Gasteiger partial charge in [-0.2, -0.15) is 4.68 Å². The average molecular weight is 441 g/mol. The highest BCUT2D eigenvalue weighted by atomic mass is 19.1. The Kier molecular flexibility index (Phi) is 6.45. The van der Waals surface area contributed by atoms with Crippen molar-refractivity contribution >= 4 is 11.7 Å². The lowest BCUT2D eigenvalue weighted by molar-refractivity contribution is 0.140. The summed E-state index contributed by atoms with van der Waals surface area (Å²) < 4.78 is 25.3. The molecular formula is C21H24FN7O3. The predicted octanol–water partition coefficient (Wildman–Crippen LogP) is 2.17. The summed E-state index contributed by atoms with van der Waals surface area (Å²) in [6.45, 7) is 2.99. The Morgan fingerprint density at radius 1 is 1.03 bits per heavy atom. The highest BCUT2D eigenvalue weighted by Crippen LogP contribution is 2.26. The van der Waals surface area contributed by atoms with Crippen LogP contribution in [0.3, 0.4) is 0 Å². The Balaban J connectivity index is 1.34. The van der Waals surface area contributed by atoms with E-state index >= 15 is 0 Å². The maximum absolute atomic E-state index is 13.2. The molecule has 4 rings (SSSR count). The molecular weight excluding hydrogens is 417 g/mol. The first-order valence-corrected chi connectivity index (χ1v) is 10.1. The van der Waals surface area contributed by atoms with Gasteiger partial charge in [0.25, 0.3) is 0 Å². The van der Waals surface area contributed by atoms with E-state index in [2.05, 4.69) is 25.7 Å². The molecule has 2 heterocycles. The number of methoxy groups -OCH3 is 2. The molecule has 168 valence electrons. The SMILES string of the molecule is COc1cc(NC(=O)N2CCN(Cc3nnnn3-c3ccc(F)cc3)CC2)cc(OC)c1. The van der Waals surface area contributed by atoms with Crippen molar-refractivity contribution in [3.05, 3.63) is 54.1 Å². The summed E-state index contributed by atoms with van der Waals surface area (Å²) in [5.41, 5.74) is 1.30. The van der Waals surface area contributed by atoms with Crippen LogP contribution in [0.5, 0.6) is 11.5 Å². The van der Waals surface area contributed by atoms with Crippen LogP contribution in [-0.4, -0.2) is 76.4 Å². The zero-order valence-electron chi connectivity index (χ0n) is 17.9. The molecule has 2 amide bonds. The molecule has 1 aliphatic heterocycles. The van der Waals surface area contributed by atoms with Crippen molar-refractivity contribution in [2.75, 3.05) is 45.7 Å². The summed E-state index contributed by atoms with van der Waals surface area (Å²) in [7, 11) is 3.12. The summed E-state index contributed by atoms with van der Waals surface area (Å²) in [6, 6.07) is 11.0. The Hall–Kier alpha value is -3.73. The number of benzene rings is 2. The lowest BCUT2D eigenvalue weighted by Crippen LogP contribution is -2.49. The molecule has 0 atom stereocenters. The number of anilines is 1. The number of halogens is 1. The van der Waals surface area contributed by atoms with E-state index in [4.69, 9.17) is 9.47 Å². The molecule has 0 radical (unpaired) electrons. The number of carbonyl (C=O) groups is 1. The molecule has 1 aromatic heterocycles. The number of nitrogens with one attached hydrogen (secondary N) is 1. The van der Waals surface area contributed by atoms with Gasteiger partial charge in [-0.15, -0.1) is 5.10 Å². The lowest BCUT2D eigenvalue weighted by Gasteiger charge is -2.34. The maximum atomic E-state index is 13.2. The topological polar surface area (TPSA) is 97.6 Å². The minimum atomic E-state index is -0.315. The van der Waals surface area contributed by atoms with Crippen LogP contribution in [0, 0.1) is 5.82 Å². The van der Waals surface area contributed by atoms with Crippen molar-refractivity contribution in [2.45, 2.75) is 6.54 Å². The lowest BCUT2D eigenvalue weighted by atomic mass is 10.2. The number of ether oxygens (including phenoxy) is 2. The van der Waals surface area contributed by atoms with Gasteiger partial charge >= 0.3 is 6.03 Å². The minimum absolute atomic E-state index is 0.184. The first-order chi connectivity index (χ1) is 15.6. The average Bonchev–Trinajstić information content (AvgIpc) is 3.27. The van der Waals surface area contributed by atoms with Gasteiger partial charge in [-0.1, -0.05) is 0 Å². The zero-order valence-corrected chi connectivity index (χ0v) is 17.9. The Labute approximate surface area is 184 Å². The van der Waals surface area contributed by atoms with E-state index in [1.807, 2.05) is 0 Å². The summed E-state index contributed by atoms with van der Waals surface area (Å²) in [5, 5.41) is 14.8. The zero-order chi connectivity index (χ0) is 22.5. The molecule has 3 aromatic rings. The molecule has 0 unspecified atom stereocenters. The number of amides is 2. The molecule has 1 aliphatic rings. The van der Waals surface area contributed by atoms with Gasteiger partial charge in [0.2, 0.25) is 0 Å². The second-order valence-corrected chi connectivity index (χ2v) is 7.28. The van der Waals surface area contributed by atoms with Crippen LogP contribution in [0.2, 0.25) is 0 Å². The number of hydrogen-bond donors (Lipinski definition) is 1. The van der Waals surface area contributed by atoms with Crippen molar-refractivity contribution in [3.8, 4) is 17.2 Å². The standard InChI is InChI=1S/C21H24FN7O3/c1-31-18-11-16(12-19(13-18)32-2)23-21(30)28-9-7-27(8-10-28)14-20-24-25-26-29(20)17-5-3-15(22)4-6-17/h3-6,11-13H,7-10,14H2,1-2H3,(H,23,30). The summed E-state index contributed by atoms with van der Waals surface area (Å²) >= 11 is 0. The monoisotopic (exact) mass is 441 g/mol. The summed E-state index contributed by atoms with van der Waals surface area (Å²) in [5.74, 6) is 1.54. The first-order valence-electron chi connectivity index (χ1n) is 10.1.